The van der Waals surface area contributed by atoms with E-state index in [2.05, 4.69) is 38.2 Å². The Kier molecular flexibility index (Phi) is 45.5. The molecule has 0 aromatic rings. The minimum absolute atomic E-state index is 0.0321. The highest BCUT2D eigenvalue weighted by molar-refractivity contribution is 7.45. The molecule has 0 saturated carbocycles. The van der Waals surface area contributed by atoms with Crippen molar-refractivity contribution in [3.63, 3.8) is 0 Å². The Balaban J connectivity index is 4.23. The standard InChI is InChI=1S/C54H104NO8P/c1-6-8-10-12-14-16-18-20-22-24-26-28-30-32-34-36-38-40-42-44-46-53(56)60-50-52(51-62-64(58,59)61-49-48-55(3,4)5)63-54(57)47-45-43-41-39-37-35-33-31-29-27-25-23-21-19-17-15-13-11-9-7-2/h30-33,52H,6-29,34-51H2,1-5H3/b32-30-,33-31-/t52-/m1/s1. The summed E-state index contributed by atoms with van der Waals surface area (Å²) in [5.74, 6) is -0.842. The van der Waals surface area contributed by atoms with Crippen LogP contribution in [0.4, 0.5) is 0 Å². The van der Waals surface area contributed by atoms with Gasteiger partial charge in [0.1, 0.15) is 19.8 Å². The predicted molar refractivity (Wildman–Crippen MR) is 268 cm³/mol. The van der Waals surface area contributed by atoms with Crippen molar-refractivity contribution in [3.05, 3.63) is 24.3 Å². The molecule has 0 heterocycles. The molecule has 64 heavy (non-hydrogen) atoms. The summed E-state index contributed by atoms with van der Waals surface area (Å²) in [6.45, 7) is 4.26. The molecule has 0 bridgehead atoms. The number of hydrogen-bond acceptors (Lipinski definition) is 8. The molecular formula is C54H104NO8P. The van der Waals surface area contributed by atoms with Gasteiger partial charge in [-0.05, 0) is 64.2 Å². The Morgan fingerprint density at radius 2 is 0.797 bits per heavy atom. The van der Waals surface area contributed by atoms with Crippen LogP contribution < -0.4 is 4.89 Å². The lowest BCUT2D eigenvalue weighted by Gasteiger charge is -2.28. The summed E-state index contributed by atoms with van der Waals surface area (Å²) >= 11 is 0. The first kappa shape index (κ1) is 62.5. The fourth-order valence-electron chi connectivity index (χ4n) is 7.71. The van der Waals surface area contributed by atoms with Gasteiger partial charge in [-0.1, -0.05) is 205 Å². The van der Waals surface area contributed by atoms with Crippen LogP contribution in [0.5, 0.6) is 0 Å². The zero-order valence-corrected chi connectivity index (χ0v) is 43.6. The van der Waals surface area contributed by atoms with Gasteiger partial charge in [-0.2, -0.15) is 0 Å². The summed E-state index contributed by atoms with van der Waals surface area (Å²) in [6, 6.07) is 0. The van der Waals surface area contributed by atoms with Gasteiger partial charge in [0.05, 0.1) is 27.7 Å². The van der Waals surface area contributed by atoms with Crippen LogP contribution in [0.25, 0.3) is 0 Å². The molecule has 0 amide bonds. The third-order valence-electron chi connectivity index (χ3n) is 11.9. The number of carbonyl (C=O) groups is 2. The minimum Gasteiger partial charge on any atom is -0.756 e. The SMILES string of the molecule is CCCCCCCCCCCCC/C=C\CCCCCCCC(=O)OC[C@H](COP(=O)([O-])OCC[N+](C)(C)C)OC(=O)CCCCCCC/C=C\CCCCCCCCCCCCC. The highest BCUT2D eigenvalue weighted by Crippen LogP contribution is 2.38. The Morgan fingerprint density at radius 1 is 0.469 bits per heavy atom. The smallest absolute Gasteiger partial charge is 0.306 e. The number of nitrogens with zero attached hydrogens (tertiary/aromatic N) is 1. The van der Waals surface area contributed by atoms with Gasteiger partial charge in [0.2, 0.25) is 0 Å². The molecule has 0 aliphatic rings. The van der Waals surface area contributed by atoms with E-state index in [0.717, 1.165) is 70.6 Å². The lowest BCUT2D eigenvalue weighted by atomic mass is 10.0. The normalized spacial score (nSPS) is 13.5. The molecule has 0 spiro atoms. The van der Waals surface area contributed by atoms with E-state index < -0.39 is 26.5 Å². The Labute approximate surface area is 396 Å². The zero-order chi connectivity index (χ0) is 47.1. The fraction of sp³-hybridized carbons (Fsp3) is 0.889. The number of carbonyl (C=O) groups excluding carboxylic acids is 2. The monoisotopic (exact) mass is 926 g/mol. The second-order valence-electron chi connectivity index (χ2n) is 19.6. The number of rotatable bonds is 50. The van der Waals surface area contributed by atoms with Crippen molar-refractivity contribution in [1.29, 1.82) is 0 Å². The highest BCUT2D eigenvalue weighted by Gasteiger charge is 2.21. The van der Waals surface area contributed by atoms with Gasteiger partial charge in [0, 0.05) is 12.8 Å². The molecule has 378 valence electrons. The van der Waals surface area contributed by atoms with Crippen LogP contribution in [0.2, 0.25) is 0 Å². The summed E-state index contributed by atoms with van der Waals surface area (Å²) in [7, 11) is 1.17. The van der Waals surface area contributed by atoms with Gasteiger partial charge in [0.15, 0.2) is 6.10 Å². The van der Waals surface area contributed by atoms with E-state index in [9.17, 15) is 19.0 Å². The summed E-state index contributed by atoms with van der Waals surface area (Å²) in [6.07, 6.45) is 53.6. The molecule has 10 heteroatoms. The van der Waals surface area contributed by atoms with E-state index in [0.29, 0.717) is 17.4 Å². The van der Waals surface area contributed by atoms with E-state index in [1.54, 1.807) is 0 Å². The summed E-state index contributed by atoms with van der Waals surface area (Å²) in [5.41, 5.74) is 0. The number of phosphoric ester groups is 1. The topological polar surface area (TPSA) is 111 Å². The van der Waals surface area contributed by atoms with Crippen LogP contribution in [-0.4, -0.2) is 70.0 Å². The van der Waals surface area contributed by atoms with Gasteiger partial charge in [-0.3, -0.25) is 14.2 Å². The van der Waals surface area contributed by atoms with Crippen molar-refractivity contribution < 1.29 is 42.1 Å². The average Bonchev–Trinajstić information content (AvgIpc) is 3.25. The quantitative estimate of drug-likeness (QED) is 0.0195. The van der Waals surface area contributed by atoms with Crippen molar-refractivity contribution in [2.24, 2.45) is 0 Å². The van der Waals surface area contributed by atoms with E-state index >= 15 is 0 Å². The summed E-state index contributed by atoms with van der Waals surface area (Å²) in [4.78, 5) is 37.8. The molecule has 2 atom stereocenters. The average molecular weight is 926 g/mol. The Morgan fingerprint density at radius 3 is 1.16 bits per heavy atom. The molecule has 0 aliphatic heterocycles. The predicted octanol–water partition coefficient (Wildman–Crippen LogP) is 15.6. The van der Waals surface area contributed by atoms with Gasteiger partial charge >= 0.3 is 11.9 Å². The lowest BCUT2D eigenvalue weighted by Crippen LogP contribution is -2.37. The molecule has 9 nitrogen and oxygen atoms in total. The number of unbranched alkanes of at least 4 members (excludes halogenated alkanes) is 32. The highest BCUT2D eigenvalue weighted by atomic mass is 31.2. The van der Waals surface area contributed by atoms with Gasteiger partial charge in [-0.15, -0.1) is 0 Å². The van der Waals surface area contributed by atoms with Crippen molar-refractivity contribution in [2.45, 2.75) is 264 Å². The molecule has 1 unspecified atom stereocenters. The van der Waals surface area contributed by atoms with Crippen LogP contribution in [0.3, 0.4) is 0 Å². The molecule has 0 aromatic carbocycles. The van der Waals surface area contributed by atoms with Crippen molar-refractivity contribution in [1.82, 2.24) is 0 Å². The summed E-state index contributed by atoms with van der Waals surface area (Å²) < 4.78 is 34.1. The molecule has 0 fully saturated rings. The molecular weight excluding hydrogens is 822 g/mol. The fourth-order valence-corrected chi connectivity index (χ4v) is 8.43. The summed E-state index contributed by atoms with van der Waals surface area (Å²) in [5, 5.41) is 0. The van der Waals surface area contributed by atoms with Crippen molar-refractivity contribution in [2.75, 3.05) is 47.5 Å². The number of phosphoric acid groups is 1. The Bertz CT molecular complexity index is 1140. The van der Waals surface area contributed by atoms with Gasteiger partial charge < -0.3 is 27.9 Å². The maximum Gasteiger partial charge on any atom is 0.306 e. The largest absolute Gasteiger partial charge is 0.756 e. The van der Waals surface area contributed by atoms with E-state index in [1.165, 1.54) is 154 Å². The van der Waals surface area contributed by atoms with Crippen LogP contribution in [-0.2, 0) is 32.7 Å². The number of likely N-dealkylation sites (N-methyl/N-ethyl adjacent to an activating group) is 1. The maximum absolute atomic E-state index is 12.8. The van der Waals surface area contributed by atoms with Crippen molar-refractivity contribution in [3.8, 4) is 0 Å². The number of quaternary nitrogens is 1. The van der Waals surface area contributed by atoms with E-state index in [-0.39, 0.29) is 32.0 Å². The number of allylic oxidation sites excluding steroid dienone is 4. The lowest BCUT2D eigenvalue weighted by molar-refractivity contribution is -0.870. The van der Waals surface area contributed by atoms with Crippen LogP contribution >= 0.6 is 7.82 Å². The zero-order valence-electron chi connectivity index (χ0n) is 42.7. The third-order valence-corrected chi connectivity index (χ3v) is 12.9. The first-order valence-electron chi connectivity index (χ1n) is 27.0. The van der Waals surface area contributed by atoms with Crippen LogP contribution in [0, 0.1) is 0 Å². The van der Waals surface area contributed by atoms with E-state index in [1.807, 2.05) is 21.1 Å². The minimum atomic E-state index is -4.63. The molecule has 0 radical (unpaired) electrons. The van der Waals surface area contributed by atoms with Gasteiger partial charge in [0.25, 0.3) is 7.82 Å². The molecule has 0 aromatic heterocycles. The molecule has 0 aliphatic carbocycles. The molecule has 0 saturated heterocycles. The second kappa shape index (κ2) is 46.6. The Hall–Kier alpha value is -1.51. The van der Waals surface area contributed by atoms with Crippen LogP contribution in [0.1, 0.15) is 258 Å². The first-order valence-corrected chi connectivity index (χ1v) is 28.5. The van der Waals surface area contributed by atoms with E-state index in [4.69, 9.17) is 18.5 Å². The third kappa shape index (κ3) is 49.9. The second-order valence-corrected chi connectivity index (χ2v) is 21.0. The first-order chi connectivity index (χ1) is 31.0. The van der Waals surface area contributed by atoms with Gasteiger partial charge in [-0.25, -0.2) is 0 Å². The van der Waals surface area contributed by atoms with Crippen molar-refractivity contribution >= 4 is 19.8 Å². The number of hydrogen-bond donors (Lipinski definition) is 0. The maximum atomic E-state index is 12.8. The molecule has 0 N–H and O–H groups in total. The number of esters is 2. The number of ether oxygens (including phenoxy) is 2. The van der Waals surface area contributed by atoms with Crippen LogP contribution in [0.15, 0.2) is 24.3 Å². The molecule has 0 rings (SSSR count).